The SMILES string of the molecule is C=CCN1C(=O)NC(=O)C(=Cc2ccc(-c3cccc(C(=O)O)c3C)o2)C1=O. The van der Waals surface area contributed by atoms with E-state index in [2.05, 4.69) is 11.9 Å². The minimum absolute atomic E-state index is 0.0418. The van der Waals surface area contributed by atoms with E-state index in [0.717, 1.165) is 4.90 Å². The summed E-state index contributed by atoms with van der Waals surface area (Å²) in [5.41, 5.74) is 0.998. The molecule has 1 fully saturated rings. The summed E-state index contributed by atoms with van der Waals surface area (Å²) in [4.78, 5) is 48.3. The minimum atomic E-state index is -1.05. The molecule has 0 aliphatic carbocycles. The Morgan fingerprint density at radius 1 is 1.25 bits per heavy atom. The maximum atomic E-state index is 12.4. The van der Waals surface area contributed by atoms with Crippen LogP contribution in [0.2, 0.25) is 0 Å². The number of aromatic carboxylic acids is 1. The molecule has 0 atom stereocenters. The normalized spacial score (nSPS) is 15.7. The van der Waals surface area contributed by atoms with Crippen LogP contribution in [0.25, 0.3) is 17.4 Å². The van der Waals surface area contributed by atoms with Crippen LogP contribution in [-0.2, 0) is 9.59 Å². The molecule has 0 bridgehead atoms. The minimum Gasteiger partial charge on any atom is -0.478 e. The molecule has 8 nitrogen and oxygen atoms in total. The number of carbonyl (C=O) groups excluding carboxylic acids is 3. The Morgan fingerprint density at radius 3 is 2.68 bits per heavy atom. The summed E-state index contributed by atoms with van der Waals surface area (Å²) in [7, 11) is 0. The number of hydrogen-bond donors (Lipinski definition) is 2. The van der Waals surface area contributed by atoms with Crippen molar-refractivity contribution in [3.63, 3.8) is 0 Å². The van der Waals surface area contributed by atoms with Gasteiger partial charge in [-0.25, -0.2) is 9.59 Å². The molecule has 2 aromatic rings. The van der Waals surface area contributed by atoms with Crippen LogP contribution in [0.15, 0.2) is 53.0 Å². The fourth-order valence-electron chi connectivity index (χ4n) is 2.84. The fourth-order valence-corrected chi connectivity index (χ4v) is 2.84. The quantitative estimate of drug-likeness (QED) is 0.468. The third kappa shape index (κ3) is 3.35. The zero-order valence-electron chi connectivity index (χ0n) is 14.9. The van der Waals surface area contributed by atoms with Crippen LogP contribution < -0.4 is 5.32 Å². The average molecular weight is 380 g/mol. The van der Waals surface area contributed by atoms with Gasteiger partial charge in [0.1, 0.15) is 17.1 Å². The number of nitrogens with one attached hydrogen (secondary N) is 1. The molecule has 0 saturated carbocycles. The van der Waals surface area contributed by atoms with E-state index >= 15 is 0 Å². The zero-order valence-corrected chi connectivity index (χ0v) is 14.9. The molecule has 0 spiro atoms. The van der Waals surface area contributed by atoms with Crippen LogP contribution in [0.1, 0.15) is 21.7 Å². The van der Waals surface area contributed by atoms with Gasteiger partial charge in [0.2, 0.25) is 0 Å². The number of benzene rings is 1. The second kappa shape index (κ2) is 7.36. The highest BCUT2D eigenvalue weighted by Gasteiger charge is 2.35. The Balaban J connectivity index is 1.96. The lowest BCUT2D eigenvalue weighted by molar-refractivity contribution is -0.129. The number of carboxylic acids is 1. The van der Waals surface area contributed by atoms with Gasteiger partial charge in [-0.15, -0.1) is 6.58 Å². The Bertz CT molecular complexity index is 1050. The van der Waals surface area contributed by atoms with Crippen LogP contribution >= 0.6 is 0 Å². The number of barbiturate groups is 1. The predicted molar refractivity (Wildman–Crippen MR) is 99.3 cm³/mol. The van der Waals surface area contributed by atoms with Gasteiger partial charge in [0.15, 0.2) is 0 Å². The number of carbonyl (C=O) groups is 4. The van der Waals surface area contributed by atoms with Crippen LogP contribution in [-0.4, -0.2) is 40.4 Å². The van der Waals surface area contributed by atoms with E-state index in [0.29, 0.717) is 16.9 Å². The summed E-state index contributed by atoms with van der Waals surface area (Å²) < 4.78 is 5.68. The summed E-state index contributed by atoms with van der Waals surface area (Å²) in [6, 6.07) is 7.14. The third-order valence-electron chi connectivity index (χ3n) is 4.24. The van der Waals surface area contributed by atoms with Crippen LogP contribution in [0.5, 0.6) is 0 Å². The van der Waals surface area contributed by atoms with E-state index in [9.17, 15) is 24.3 Å². The maximum Gasteiger partial charge on any atom is 0.335 e. The molecule has 2 N–H and O–H groups in total. The molecule has 28 heavy (non-hydrogen) atoms. The van der Waals surface area contributed by atoms with Crippen molar-refractivity contribution in [3.05, 3.63) is 65.4 Å². The number of nitrogens with zero attached hydrogens (tertiary/aromatic N) is 1. The third-order valence-corrected chi connectivity index (χ3v) is 4.24. The Hall–Kier alpha value is -3.94. The van der Waals surface area contributed by atoms with E-state index in [-0.39, 0.29) is 23.4 Å². The fraction of sp³-hybridized carbons (Fsp3) is 0.100. The van der Waals surface area contributed by atoms with E-state index < -0.39 is 23.8 Å². The van der Waals surface area contributed by atoms with Gasteiger partial charge in [0, 0.05) is 12.1 Å². The number of urea groups is 1. The zero-order chi connectivity index (χ0) is 20.4. The second-order valence-electron chi connectivity index (χ2n) is 6.01. The Labute approximate surface area is 159 Å². The molecule has 0 radical (unpaired) electrons. The van der Waals surface area contributed by atoms with E-state index in [1.54, 1.807) is 31.2 Å². The van der Waals surface area contributed by atoms with Gasteiger partial charge < -0.3 is 9.52 Å². The summed E-state index contributed by atoms with van der Waals surface area (Å²) >= 11 is 0. The predicted octanol–water partition coefficient (Wildman–Crippen LogP) is 2.60. The number of rotatable bonds is 5. The Kier molecular flexibility index (Phi) is 4.95. The van der Waals surface area contributed by atoms with Crippen molar-refractivity contribution < 1.29 is 28.7 Å². The first-order valence-electron chi connectivity index (χ1n) is 8.26. The van der Waals surface area contributed by atoms with Gasteiger partial charge in [-0.3, -0.25) is 19.8 Å². The van der Waals surface area contributed by atoms with Crippen LogP contribution in [0.3, 0.4) is 0 Å². The standard InChI is InChI=1S/C20H16N2O6/c1-3-9-22-18(24)15(17(23)21-20(22)27)10-12-7-8-16(28-12)13-5-4-6-14(11(13)2)19(25)26/h3-8,10H,1,9H2,2H3,(H,25,26)(H,21,23,27). The van der Waals surface area contributed by atoms with E-state index in [4.69, 9.17) is 4.42 Å². The van der Waals surface area contributed by atoms with Gasteiger partial charge in [-0.05, 0) is 36.8 Å². The highest BCUT2D eigenvalue weighted by atomic mass is 16.4. The number of amides is 4. The van der Waals surface area contributed by atoms with Crippen molar-refractivity contribution in [1.82, 2.24) is 10.2 Å². The van der Waals surface area contributed by atoms with Gasteiger partial charge >= 0.3 is 12.0 Å². The summed E-state index contributed by atoms with van der Waals surface area (Å²) in [5.74, 6) is -2.03. The van der Waals surface area contributed by atoms with Crippen molar-refractivity contribution in [2.24, 2.45) is 0 Å². The first-order chi connectivity index (χ1) is 13.3. The van der Waals surface area contributed by atoms with Crippen LogP contribution in [0.4, 0.5) is 4.79 Å². The molecule has 2 heterocycles. The molecule has 1 aliphatic rings. The molecule has 3 rings (SSSR count). The topological polar surface area (TPSA) is 117 Å². The number of furan rings is 1. The lowest BCUT2D eigenvalue weighted by atomic mass is 10.0. The first kappa shape index (κ1) is 18.8. The molecule has 4 amide bonds. The van der Waals surface area contributed by atoms with Crippen molar-refractivity contribution in [1.29, 1.82) is 0 Å². The summed E-state index contributed by atoms with van der Waals surface area (Å²) in [5, 5.41) is 11.3. The lowest BCUT2D eigenvalue weighted by Crippen LogP contribution is -2.54. The molecule has 8 heteroatoms. The highest BCUT2D eigenvalue weighted by Crippen LogP contribution is 2.28. The molecule has 1 aromatic heterocycles. The van der Waals surface area contributed by atoms with Crippen molar-refractivity contribution in [2.45, 2.75) is 6.92 Å². The highest BCUT2D eigenvalue weighted by molar-refractivity contribution is 6.30. The molecule has 1 saturated heterocycles. The molecule has 0 unspecified atom stereocenters. The Morgan fingerprint density at radius 2 is 2.00 bits per heavy atom. The molecular formula is C20H16N2O6. The number of carboxylic acid groups (broad SMARTS) is 1. The van der Waals surface area contributed by atoms with Gasteiger partial charge in [-0.1, -0.05) is 18.2 Å². The largest absolute Gasteiger partial charge is 0.478 e. The lowest BCUT2D eigenvalue weighted by Gasteiger charge is -2.24. The first-order valence-corrected chi connectivity index (χ1v) is 8.26. The van der Waals surface area contributed by atoms with E-state index in [1.807, 2.05) is 0 Å². The second-order valence-corrected chi connectivity index (χ2v) is 6.01. The summed E-state index contributed by atoms with van der Waals surface area (Å²) in [6.07, 6.45) is 2.61. The van der Waals surface area contributed by atoms with Gasteiger partial charge in [0.25, 0.3) is 11.8 Å². The summed E-state index contributed by atoms with van der Waals surface area (Å²) in [6.45, 7) is 5.10. The van der Waals surface area contributed by atoms with Crippen molar-refractivity contribution >= 4 is 29.9 Å². The van der Waals surface area contributed by atoms with Crippen LogP contribution in [0, 0.1) is 6.92 Å². The van der Waals surface area contributed by atoms with Gasteiger partial charge in [0.05, 0.1) is 5.56 Å². The number of hydrogen-bond acceptors (Lipinski definition) is 5. The van der Waals surface area contributed by atoms with Crippen molar-refractivity contribution in [3.8, 4) is 11.3 Å². The number of imide groups is 2. The molecule has 142 valence electrons. The molecular weight excluding hydrogens is 364 g/mol. The van der Waals surface area contributed by atoms with Crippen molar-refractivity contribution in [2.75, 3.05) is 6.54 Å². The maximum absolute atomic E-state index is 12.4. The molecule has 1 aliphatic heterocycles. The smallest absolute Gasteiger partial charge is 0.335 e. The average Bonchev–Trinajstić information content (AvgIpc) is 3.10. The van der Waals surface area contributed by atoms with E-state index in [1.165, 1.54) is 18.2 Å². The monoisotopic (exact) mass is 380 g/mol. The van der Waals surface area contributed by atoms with Gasteiger partial charge in [-0.2, -0.15) is 0 Å². The molecule has 1 aromatic carbocycles.